The van der Waals surface area contributed by atoms with Crippen molar-refractivity contribution >= 4 is 34.0 Å². The smallest absolute Gasteiger partial charge is 0.194 e. The van der Waals surface area contributed by atoms with E-state index in [2.05, 4.69) is 4.98 Å². The van der Waals surface area contributed by atoms with E-state index in [1.54, 1.807) is 24.4 Å². The van der Waals surface area contributed by atoms with Crippen molar-refractivity contribution in [1.29, 1.82) is 0 Å². The lowest BCUT2D eigenvalue weighted by molar-refractivity contribution is 0.103. The molecular weight excluding hydrogens is 272 g/mol. The Bertz CT molecular complexity index is 814. The van der Waals surface area contributed by atoms with Gasteiger partial charge in [0, 0.05) is 22.7 Å². The molecule has 0 aliphatic carbocycles. The number of aromatic nitrogens is 1. The van der Waals surface area contributed by atoms with Gasteiger partial charge in [0.05, 0.1) is 16.2 Å². The molecule has 1 aromatic heterocycles. The second-order valence-electron chi connectivity index (χ2n) is 4.48. The number of carbonyl (C=O) groups excluding carboxylic acids is 1. The van der Waals surface area contributed by atoms with E-state index < -0.39 is 0 Å². The number of pyridine rings is 1. The molecule has 0 fully saturated rings. The third-order valence-corrected chi connectivity index (χ3v) is 3.46. The van der Waals surface area contributed by atoms with Gasteiger partial charge in [0.1, 0.15) is 0 Å². The highest BCUT2D eigenvalue weighted by molar-refractivity contribution is 6.33. The van der Waals surface area contributed by atoms with Gasteiger partial charge in [-0.3, -0.25) is 9.78 Å². The zero-order chi connectivity index (χ0) is 14.1. The van der Waals surface area contributed by atoms with Crippen LogP contribution in [0.1, 0.15) is 15.9 Å². The number of carbonyl (C=O) groups is 1. The maximum Gasteiger partial charge on any atom is 0.194 e. The Morgan fingerprint density at radius 2 is 1.85 bits per heavy atom. The fourth-order valence-corrected chi connectivity index (χ4v) is 2.16. The maximum absolute atomic E-state index is 12.4. The second kappa shape index (κ2) is 4.94. The van der Waals surface area contributed by atoms with Crippen LogP contribution in [0.25, 0.3) is 10.9 Å². The SMILES string of the molecule is Nc1cc(C(=O)c2cnc3ccccc3c2)ccc1Cl. The lowest BCUT2D eigenvalue weighted by Gasteiger charge is -2.05. The predicted octanol–water partition coefficient (Wildman–Crippen LogP) is 3.70. The standard InChI is InChI=1S/C16H11ClN2O/c17-13-6-5-11(8-14(13)18)16(20)12-7-10-3-1-2-4-15(10)19-9-12/h1-9H,18H2. The number of ketones is 1. The number of hydrogen-bond acceptors (Lipinski definition) is 3. The Balaban J connectivity index is 2.05. The molecule has 0 atom stereocenters. The van der Waals surface area contributed by atoms with Crippen LogP contribution in [-0.2, 0) is 0 Å². The molecule has 0 unspecified atom stereocenters. The van der Waals surface area contributed by atoms with Gasteiger partial charge >= 0.3 is 0 Å². The largest absolute Gasteiger partial charge is 0.398 e. The van der Waals surface area contributed by atoms with Crippen molar-refractivity contribution in [2.75, 3.05) is 5.73 Å². The molecule has 20 heavy (non-hydrogen) atoms. The third-order valence-electron chi connectivity index (χ3n) is 3.11. The van der Waals surface area contributed by atoms with Crippen molar-refractivity contribution in [3.63, 3.8) is 0 Å². The topological polar surface area (TPSA) is 56.0 Å². The highest BCUT2D eigenvalue weighted by Crippen LogP contribution is 2.22. The molecular formula is C16H11ClN2O. The number of para-hydroxylation sites is 1. The lowest BCUT2D eigenvalue weighted by Crippen LogP contribution is -2.03. The number of nitrogens with two attached hydrogens (primary N) is 1. The average Bonchev–Trinajstić information content (AvgIpc) is 2.49. The molecule has 3 aromatic rings. The van der Waals surface area contributed by atoms with Crippen LogP contribution in [0.3, 0.4) is 0 Å². The zero-order valence-corrected chi connectivity index (χ0v) is 11.3. The molecule has 0 saturated heterocycles. The van der Waals surface area contributed by atoms with Gasteiger partial charge in [-0.2, -0.15) is 0 Å². The van der Waals surface area contributed by atoms with Gasteiger partial charge in [-0.25, -0.2) is 0 Å². The van der Waals surface area contributed by atoms with E-state index in [-0.39, 0.29) is 5.78 Å². The number of nitrogen functional groups attached to an aromatic ring is 1. The number of benzene rings is 2. The summed E-state index contributed by atoms with van der Waals surface area (Å²) in [6, 6.07) is 14.4. The molecule has 0 saturated carbocycles. The van der Waals surface area contributed by atoms with Crippen LogP contribution in [0.4, 0.5) is 5.69 Å². The molecule has 0 aliphatic heterocycles. The number of anilines is 1. The van der Waals surface area contributed by atoms with Crippen LogP contribution in [0.15, 0.2) is 54.7 Å². The summed E-state index contributed by atoms with van der Waals surface area (Å²) >= 11 is 5.86. The van der Waals surface area contributed by atoms with Crippen molar-refractivity contribution in [3.8, 4) is 0 Å². The van der Waals surface area contributed by atoms with Gasteiger partial charge in [-0.05, 0) is 30.3 Å². The summed E-state index contributed by atoms with van der Waals surface area (Å²) in [4.78, 5) is 16.7. The Hall–Kier alpha value is -2.39. The van der Waals surface area contributed by atoms with Gasteiger partial charge < -0.3 is 5.73 Å². The first-order chi connectivity index (χ1) is 9.65. The second-order valence-corrected chi connectivity index (χ2v) is 4.89. The van der Waals surface area contributed by atoms with E-state index >= 15 is 0 Å². The first-order valence-electron chi connectivity index (χ1n) is 6.09. The number of nitrogens with zero attached hydrogens (tertiary/aromatic N) is 1. The molecule has 2 aromatic carbocycles. The molecule has 98 valence electrons. The number of hydrogen-bond donors (Lipinski definition) is 1. The van der Waals surface area contributed by atoms with Crippen LogP contribution >= 0.6 is 11.6 Å². The minimum absolute atomic E-state index is 0.119. The van der Waals surface area contributed by atoms with Gasteiger partial charge in [0.2, 0.25) is 0 Å². The van der Waals surface area contributed by atoms with E-state index in [1.165, 1.54) is 0 Å². The van der Waals surface area contributed by atoms with E-state index in [1.807, 2.05) is 30.3 Å². The summed E-state index contributed by atoms with van der Waals surface area (Å²) in [6.45, 7) is 0. The quantitative estimate of drug-likeness (QED) is 0.576. The summed E-state index contributed by atoms with van der Waals surface area (Å²) in [5.41, 5.74) is 8.02. The summed E-state index contributed by atoms with van der Waals surface area (Å²) in [5, 5.41) is 1.37. The Morgan fingerprint density at radius 1 is 1.05 bits per heavy atom. The molecule has 0 aliphatic rings. The highest BCUT2D eigenvalue weighted by Gasteiger charge is 2.11. The van der Waals surface area contributed by atoms with Crippen LogP contribution < -0.4 is 5.73 Å². The minimum Gasteiger partial charge on any atom is -0.398 e. The van der Waals surface area contributed by atoms with E-state index in [9.17, 15) is 4.79 Å². The Kier molecular flexibility index (Phi) is 3.12. The molecule has 4 heteroatoms. The van der Waals surface area contributed by atoms with E-state index in [4.69, 9.17) is 17.3 Å². The normalized spacial score (nSPS) is 10.7. The highest BCUT2D eigenvalue weighted by atomic mass is 35.5. The minimum atomic E-state index is -0.119. The molecule has 0 radical (unpaired) electrons. The van der Waals surface area contributed by atoms with Crippen LogP contribution in [0.5, 0.6) is 0 Å². The molecule has 0 amide bonds. The summed E-state index contributed by atoms with van der Waals surface area (Å²) in [6.07, 6.45) is 1.58. The number of fused-ring (bicyclic) bond motifs is 1. The molecule has 0 bridgehead atoms. The van der Waals surface area contributed by atoms with Crippen molar-refractivity contribution in [2.45, 2.75) is 0 Å². The maximum atomic E-state index is 12.4. The van der Waals surface area contributed by atoms with Crippen molar-refractivity contribution in [3.05, 3.63) is 70.9 Å². The molecule has 2 N–H and O–H groups in total. The van der Waals surface area contributed by atoms with Crippen LogP contribution in [0, 0.1) is 0 Å². The van der Waals surface area contributed by atoms with Crippen molar-refractivity contribution in [1.82, 2.24) is 4.98 Å². The summed E-state index contributed by atoms with van der Waals surface area (Å²) in [5.74, 6) is -0.119. The monoisotopic (exact) mass is 282 g/mol. The zero-order valence-electron chi connectivity index (χ0n) is 10.5. The first kappa shape index (κ1) is 12.6. The summed E-state index contributed by atoms with van der Waals surface area (Å²) < 4.78 is 0. The fourth-order valence-electron chi connectivity index (χ4n) is 2.05. The Morgan fingerprint density at radius 3 is 2.65 bits per heavy atom. The van der Waals surface area contributed by atoms with Gasteiger partial charge in [-0.15, -0.1) is 0 Å². The van der Waals surface area contributed by atoms with Gasteiger partial charge in [0.25, 0.3) is 0 Å². The molecule has 1 heterocycles. The fraction of sp³-hybridized carbons (Fsp3) is 0. The van der Waals surface area contributed by atoms with E-state index in [0.29, 0.717) is 21.8 Å². The molecule has 0 spiro atoms. The van der Waals surface area contributed by atoms with E-state index in [0.717, 1.165) is 10.9 Å². The third kappa shape index (κ3) is 2.24. The summed E-state index contributed by atoms with van der Waals surface area (Å²) in [7, 11) is 0. The number of rotatable bonds is 2. The van der Waals surface area contributed by atoms with Crippen LogP contribution in [-0.4, -0.2) is 10.8 Å². The van der Waals surface area contributed by atoms with Crippen molar-refractivity contribution < 1.29 is 4.79 Å². The van der Waals surface area contributed by atoms with Gasteiger partial charge in [0.15, 0.2) is 5.78 Å². The number of halogens is 1. The average molecular weight is 283 g/mol. The lowest BCUT2D eigenvalue weighted by atomic mass is 10.0. The first-order valence-corrected chi connectivity index (χ1v) is 6.47. The molecule has 3 nitrogen and oxygen atoms in total. The van der Waals surface area contributed by atoms with Crippen molar-refractivity contribution in [2.24, 2.45) is 0 Å². The van der Waals surface area contributed by atoms with Gasteiger partial charge in [-0.1, -0.05) is 29.8 Å². The molecule has 3 rings (SSSR count). The predicted molar refractivity (Wildman–Crippen MR) is 81.0 cm³/mol. The van der Waals surface area contributed by atoms with Crippen LogP contribution in [0.2, 0.25) is 5.02 Å². The Labute approximate surface area is 121 Å².